The minimum absolute atomic E-state index is 0.0679. The summed E-state index contributed by atoms with van der Waals surface area (Å²) in [5.74, 6) is -0.549. The second-order valence-corrected chi connectivity index (χ2v) is 7.36. The number of anilines is 1. The molecule has 1 aliphatic carbocycles. The van der Waals surface area contributed by atoms with Crippen LogP contribution in [0.5, 0.6) is 0 Å². The number of rotatable bonds is 4. The first kappa shape index (κ1) is 16.9. The highest BCUT2D eigenvalue weighted by molar-refractivity contribution is 7.17. The normalized spacial score (nSPS) is 17.6. The molecule has 1 aromatic heterocycles. The molecule has 1 saturated heterocycles. The van der Waals surface area contributed by atoms with Crippen LogP contribution >= 0.6 is 11.3 Å². The van der Waals surface area contributed by atoms with Gasteiger partial charge in [0.15, 0.2) is 0 Å². The summed E-state index contributed by atoms with van der Waals surface area (Å²) >= 11 is 1.47. The molecule has 0 radical (unpaired) electrons. The van der Waals surface area contributed by atoms with Crippen LogP contribution in [0.25, 0.3) is 0 Å². The van der Waals surface area contributed by atoms with Crippen LogP contribution in [0.3, 0.4) is 0 Å². The Morgan fingerprint density at radius 1 is 1.17 bits per heavy atom. The Labute approximate surface area is 144 Å². The summed E-state index contributed by atoms with van der Waals surface area (Å²) in [4.78, 5) is 40.3. The Hall–Kier alpha value is -1.93. The summed E-state index contributed by atoms with van der Waals surface area (Å²) < 4.78 is 0. The topological polar surface area (TPSA) is 95.7 Å². The van der Waals surface area contributed by atoms with E-state index in [1.165, 1.54) is 11.3 Å². The van der Waals surface area contributed by atoms with E-state index in [4.69, 9.17) is 5.73 Å². The molecular formula is C16H22N4O3S. The van der Waals surface area contributed by atoms with Crippen molar-refractivity contribution in [2.45, 2.75) is 26.2 Å². The Kier molecular flexibility index (Phi) is 4.86. The highest BCUT2D eigenvalue weighted by Gasteiger charge is 2.27. The highest BCUT2D eigenvalue weighted by atomic mass is 32.1. The van der Waals surface area contributed by atoms with E-state index < -0.39 is 5.91 Å². The third-order valence-corrected chi connectivity index (χ3v) is 5.81. The number of nitrogens with two attached hydrogens (primary N) is 1. The number of aryl methyl sites for hydroxylation is 1. The van der Waals surface area contributed by atoms with Gasteiger partial charge in [-0.1, -0.05) is 0 Å². The van der Waals surface area contributed by atoms with Crippen molar-refractivity contribution in [1.29, 1.82) is 0 Å². The van der Waals surface area contributed by atoms with E-state index in [0.29, 0.717) is 36.7 Å². The largest absolute Gasteiger partial charge is 0.365 e. The Morgan fingerprint density at radius 3 is 2.50 bits per heavy atom. The summed E-state index contributed by atoms with van der Waals surface area (Å²) in [5.41, 5.74) is 7.00. The van der Waals surface area contributed by atoms with Crippen molar-refractivity contribution in [2.75, 3.05) is 38.0 Å². The lowest BCUT2D eigenvalue weighted by Crippen LogP contribution is -2.49. The number of piperazine rings is 1. The number of amides is 3. The van der Waals surface area contributed by atoms with E-state index in [1.54, 1.807) is 11.8 Å². The lowest BCUT2D eigenvalue weighted by Gasteiger charge is -2.33. The van der Waals surface area contributed by atoms with Gasteiger partial charge in [0.05, 0.1) is 12.1 Å². The smallest absolute Gasteiger partial charge is 0.251 e. The van der Waals surface area contributed by atoms with E-state index in [0.717, 1.165) is 29.7 Å². The predicted octanol–water partition coefficient (Wildman–Crippen LogP) is 0.438. The van der Waals surface area contributed by atoms with Gasteiger partial charge in [0.25, 0.3) is 5.91 Å². The number of nitrogens with zero attached hydrogens (tertiary/aromatic N) is 2. The number of nitrogens with one attached hydrogen (secondary N) is 1. The summed E-state index contributed by atoms with van der Waals surface area (Å²) in [6.45, 7) is 4.45. The number of carbonyl (C=O) groups is 3. The number of fused-ring (bicyclic) bond motifs is 1. The molecule has 24 heavy (non-hydrogen) atoms. The molecule has 0 aromatic carbocycles. The molecule has 0 bridgehead atoms. The third-order valence-electron chi connectivity index (χ3n) is 4.61. The third kappa shape index (κ3) is 3.44. The lowest BCUT2D eigenvalue weighted by atomic mass is 10.1. The molecule has 8 heteroatoms. The van der Waals surface area contributed by atoms with Crippen molar-refractivity contribution >= 4 is 34.1 Å². The SMILES string of the molecule is CC(=O)N1CCN(CC(=O)Nc2sc3c(c2C(N)=O)CCC3)CC1. The predicted molar refractivity (Wildman–Crippen MR) is 92.2 cm³/mol. The molecule has 0 spiro atoms. The highest BCUT2D eigenvalue weighted by Crippen LogP contribution is 2.38. The first-order chi connectivity index (χ1) is 11.5. The van der Waals surface area contributed by atoms with Gasteiger partial charge in [0.2, 0.25) is 11.8 Å². The quantitative estimate of drug-likeness (QED) is 0.823. The summed E-state index contributed by atoms with van der Waals surface area (Å²) in [6.07, 6.45) is 2.84. The standard InChI is InChI=1S/C16H22N4O3S/c1-10(21)20-7-5-19(6-8-20)9-13(22)18-16-14(15(17)23)11-3-2-4-12(11)24-16/h2-9H2,1H3,(H2,17,23)(H,18,22). The summed E-state index contributed by atoms with van der Waals surface area (Å²) in [5, 5.41) is 3.44. The van der Waals surface area contributed by atoms with Gasteiger partial charge in [0.1, 0.15) is 5.00 Å². The average Bonchev–Trinajstić information content (AvgIpc) is 3.07. The van der Waals surface area contributed by atoms with Gasteiger partial charge in [-0.25, -0.2) is 0 Å². The number of hydrogen-bond acceptors (Lipinski definition) is 5. The van der Waals surface area contributed by atoms with E-state index in [2.05, 4.69) is 5.32 Å². The molecule has 1 aromatic rings. The minimum Gasteiger partial charge on any atom is -0.365 e. The van der Waals surface area contributed by atoms with E-state index >= 15 is 0 Å². The molecule has 0 unspecified atom stereocenters. The molecular weight excluding hydrogens is 328 g/mol. The van der Waals surface area contributed by atoms with Crippen molar-refractivity contribution in [2.24, 2.45) is 5.73 Å². The van der Waals surface area contributed by atoms with Crippen molar-refractivity contribution in [3.63, 3.8) is 0 Å². The zero-order valence-electron chi connectivity index (χ0n) is 13.8. The fraction of sp³-hybridized carbons (Fsp3) is 0.562. The molecule has 1 fully saturated rings. The maximum atomic E-state index is 12.3. The van der Waals surface area contributed by atoms with Crippen LogP contribution in [0.2, 0.25) is 0 Å². The molecule has 0 atom stereocenters. The van der Waals surface area contributed by atoms with Gasteiger partial charge in [-0.3, -0.25) is 19.3 Å². The van der Waals surface area contributed by atoms with Crippen LogP contribution in [0.1, 0.15) is 34.1 Å². The number of carbonyl (C=O) groups excluding carboxylic acids is 3. The number of hydrogen-bond donors (Lipinski definition) is 2. The van der Waals surface area contributed by atoms with Gasteiger partial charge in [-0.05, 0) is 24.8 Å². The van der Waals surface area contributed by atoms with Crippen LogP contribution in [0, 0.1) is 0 Å². The molecule has 2 heterocycles. The second kappa shape index (κ2) is 6.90. The van der Waals surface area contributed by atoms with Gasteiger partial charge in [-0.15, -0.1) is 11.3 Å². The zero-order chi connectivity index (χ0) is 17.3. The van der Waals surface area contributed by atoms with Crippen molar-refractivity contribution in [3.05, 3.63) is 16.0 Å². The monoisotopic (exact) mass is 350 g/mol. The number of thiophene rings is 1. The van der Waals surface area contributed by atoms with Gasteiger partial charge < -0.3 is 16.0 Å². The summed E-state index contributed by atoms with van der Waals surface area (Å²) in [6, 6.07) is 0. The lowest BCUT2D eigenvalue weighted by molar-refractivity contribution is -0.130. The van der Waals surface area contributed by atoms with Crippen molar-refractivity contribution in [3.8, 4) is 0 Å². The zero-order valence-corrected chi connectivity index (χ0v) is 14.6. The molecule has 3 amide bonds. The van der Waals surface area contributed by atoms with E-state index in [-0.39, 0.29) is 18.4 Å². The fourth-order valence-corrected chi connectivity index (χ4v) is 4.65. The fourth-order valence-electron chi connectivity index (χ4n) is 3.34. The van der Waals surface area contributed by atoms with Crippen LogP contribution in [0.4, 0.5) is 5.00 Å². The molecule has 7 nitrogen and oxygen atoms in total. The van der Waals surface area contributed by atoms with E-state index in [9.17, 15) is 14.4 Å². The van der Waals surface area contributed by atoms with E-state index in [1.807, 2.05) is 4.90 Å². The van der Waals surface area contributed by atoms with Gasteiger partial charge in [-0.2, -0.15) is 0 Å². The minimum atomic E-state index is -0.472. The molecule has 130 valence electrons. The first-order valence-corrected chi connectivity index (χ1v) is 8.99. The average molecular weight is 350 g/mol. The maximum Gasteiger partial charge on any atom is 0.251 e. The van der Waals surface area contributed by atoms with Crippen LogP contribution in [-0.4, -0.2) is 60.2 Å². The van der Waals surface area contributed by atoms with Gasteiger partial charge in [0, 0.05) is 38.0 Å². The first-order valence-electron chi connectivity index (χ1n) is 8.17. The summed E-state index contributed by atoms with van der Waals surface area (Å²) in [7, 11) is 0. The second-order valence-electron chi connectivity index (χ2n) is 6.26. The molecule has 3 rings (SSSR count). The van der Waals surface area contributed by atoms with Crippen LogP contribution < -0.4 is 11.1 Å². The Balaban J connectivity index is 1.60. The number of primary amides is 1. The Morgan fingerprint density at radius 2 is 1.88 bits per heavy atom. The van der Waals surface area contributed by atoms with Crippen molar-refractivity contribution in [1.82, 2.24) is 9.80 Å². The molecule has 1 aliphatic heterocycles. The Bertz CT molecular complexity index is 677. The molecule has 3 N–H and O–H groups in total. The molecule has 2 aliphatic rings. The van der Waals surface area contributed by atoms with Crippen LogP contribution in [0.15, 0.2) is 0 Å². The van der Waals surface area contributed by atoms with Crippen LogP contribution in [-0.2, 0) is 22.4 Å². The van der Waals surface area contributed by atoms with Crippen molar-refractivity contribution < 1.29 is 14.4 Å². The van der Waals surface area contributed by atoms with Gasteiger partial charge >= 0.3 is 0 Å². The molecule has 0 saturated carbocycles. The maximum absolute atomic E-state index is 12.3.